The van der Waals surface area contributed by atoms with Gasteiger partial charge in [0.25, 0.3) is 5.91 Å². The van der Waals surface area contributed by atoms with Crippen LogP contribution in [0.4, 0.5) is 0 Å². The Morgan fingerprint density at radius 1 is 1.50 bits per heavy atom. The lowest BCUT2D eigenvalue weighted by atomic mass is 9.88. The van der Waals surface area contributed by atoms with Crippen LogP contribution in [0.1, 0.15) is 34.1 Å². The highest BCUT2D eigenvalue weighted by atomic mass is 16.2. The Morgan fingerprint density at radius 3 is 2.33 bits per heavy atom. The van der Waals surface area contributed by atoms with E-state index in [1.807, 2.05) is 6.07 Å². The minimum absolute atomic E-state index is 0.0566. The van der Waals surface area contributed by atoms with Crippen molar-refractivity contribution in [2.45, 2.75) is 34.1 Å². The smallest absolute Gasteiger partial charge is 0.276 e. The van der Waals surface area contributed by atoms with E-state index in [2.05, 4.69) is 27.4 Å². The lowest BCUT2D eigenvalue weighted by Gasteiger charge is -2.23. The molecule has 0 saturated carbocycles. The van der Waals surface area contributed by atoms with Gasteiger partial charge in [0.05, 0.1) is 0 Å². The third-order valence-electron chi connectivity index (χ3n) is 2.55. The zero-order valence-corrected chi connectivity index (χ0v) is 11.6. The van der Waals surface area contributed by atoms with E-state index < -0.39 is 5.91 Å². The second kappa shape index (κ2) is 6.41. The van der Waals surface area contributed by atoms with Crippen molar-refractivity contribution >= 4 is 13.8 Å². The molecule has 18 heavy (non-hydrogen) atoms. The first-order valence-electron chi connectivity index (χ1n) is 5.72. The van der Waals surface area contributed by atoms with Crippen LogP contribution < -0.4 is 5.84 Å². The van der Waals surface area contributed by atoms with Gasteiger partial charge in [-0.3, -0.25) is 9.80 Å². The first-order chi connectivity index (χ1) is 8.10. The highest BCUT2D eigenvalue weighted by Crippen LogP contribution is 2.19. The zero-order valence-electron chi connectivity index (χ0n) is 11.6. The van der Waals surface area contributed by atoms with E-state index in [0.29, 0.717) is 12.1 Å². The molecule has 0 bridgehead atoms. The molecule has 0 unspecified atom stereocenters. The third kappa shape index (κ3) is 5.20. The van der Waals surface area contributed by atoms with Crippen molar-refractivity contribution in [3.63, 3.8) is 0 Å². The van der Waals surface area contributed by atoms with Crippen molar-refractivity contribution in [1.82, 2.24) is 5.01 Å². The third-order valence-corrected chi connectivity index (χ3v) is 2.55. The Kier molecular flexibility index (Phi) is 5.86. The Balaban J connectivity index is 4.89. The van der Waals surface area contributed by atoms with Crippen LogP contribution in [0, 0.1) is 16.7 Å². The molecule has 0 atom stereocenters. The minimum Gasteiger partial charge on any atom is -0.276 e. The number of hydrogen-bond donors (Lipinski definition) is 1. The maximum atomic E-state index is 12.0. The quantitative estimate of drug-likeness (QED) is 0.156. The highest BCUT2D eigenvalue weighted by molar-refractivity contribution is 6.24. The molecular weight excluding hydrogens is 225 g/mol. The van der Waals surface area contributed by atoms with Gasteiger partial charge >= 0.3 is 0 Å². The van der Waals surface area contributed by atoms with Gasteiger partial charge in [-0.15, -0.1) is 6.58 Å². The summed E-state index contributed by atoms with van der Waals surface area (Å²) in [5.41, 5.74) is 0.581. The summed E-state index contributed by atoms with van der Waals surface area (Å²) in [5, 5.41) is 10.0. The van der Waals surface area contributed by atoms with Crippen LogP contribution >= 0.6 is 0 Å². The fourth-order valence-corrected chi connectivity index (χ4v) is 1.15. The molecule has 1 amide bonds. The summed E-state index contributed by atoms with van der Waals surface area (Å²) in [7, 11) is 5.48. The van der Waals surface area contributed by atoms with Crippen LogP contribution in [0.5, 0.6) is 0 Å². The van der Waals surface area contributed by atoms with Gasteiger partial charge in [0, 0.05) is 6.54 Å². The number of rotatable bonds is 4. The summed E-state index contributed by atoms with van der Waals surface area (Å²) >= 11 is 0. The average molecular weight is 245 g/mol. The van der Waals surface area contributed by atoms with E-state index in [4.69, 9.17) is 19.0 Å². The molecule has 0 aliphatic rings. The van der Waals surface area contributed by atoms with Crippen LogP contribution in [0.3, 0.4) is 0 Å². The Labute approximate surface area is 111 Å². The molecule has 0 rings (SSSR count). The summed E-state index contributed by atoms with van der Waals surface area (Å²) in [5.74, 6) is 5.14. The molecule has 4 nitrogen and oxygen atoms in total. The maximum Gasteiger partial charge on any atom is 0.278 e. The SMILES string of the molecule is [B]C(=C)/C(C)=C(/C#N)C(=O)N(N)CCC(C)(C)C. The summed E-state index contributed by atoms with van der Waals surface area (Å²) in [6.45, 7) is 11.6. The van der Waals surface area contributed by atoms with E-state index in [1.165, 1.54) is 0 Å². The molecule has 2 radical (unpaired) electrons. The summed E-state index contributed by atoms with van der Waals surface area (Å²) in [4.78, 5) is 12.0. The molecule has 0 saturated heterocycles. The van der Waals surface area contributed by atoms with Crippen LogP contribution in [0.15, 0.2) is 23.2 Å². The normalized spacial score (nSPS) is 12.4. The Bertz CT molecular complexity index is 413. The van der Waals surface area contributed by atoms with E-state index in [-0.39, 0.29) is 16.5 Å². The molecule has 96 valence electrons. The van der Waals surface area contributed by atoms with Gasteiger partial charge in [-0.25, -0.2) is 5.84 Å². The number of hydrazine groups is 1. The topological polar surface area (TPSA) is 70.1 Å². The second-order valence-electron chi connectivity index (χ2n) is 5.45. The number of carbonyl (C=O) groups is 1. The summed E-state index contributed by atoms with van der Waals surface area (Å²) in [6.07, 6.45) is 0.747. The van der Waals surface area contributed by atoms with Gasteiger partial charge in [-0.05, 0) is 24.3 Å². The first kappa shape index (κ1) is 16.5. The maximum absolute atomic E-state index is 12.0. The second-order valence-corrected chi connectivity index (χ2v) is 5.45. The fourth-order valence-electron chi connectivity index (χ4n) is 1.15. The molecule has 0 aliphatic heterocycles. The lowest BCUT2D eigenvalue weighted by Crippen LogP contribution is -2.40. The van der Waals surface area contributed by atoms with Gasteiger partial charge in [0.2, 0.25) is 0 Å². The monoisotopic (exact) mass is 245 g/mol. The van der Waals surface area contributed by atoms with Crippen molar-refractivity contribution in [2.24, 2.45) is 11.3 Å². The molecule has 0 heterocycles. The van der Waals surface area contributed by atoms with Crippen LogP contribution in [-0.4, -0.2) is 25.3 Å². The van der Waals surface area contributed by atoms with Gasteiger partial charge < -0.3 is 0 Å². The highest BCUT2D eigenvalue weighted by Gasteiger charge is 2.20. The van der Waals surface area contributed by atoms with Gasteiger partial charge in [0.15, 0.2) is 0 Å². The molecular formula is C13H20BN3O. The number of nitrogens with zero attached hydrogens (tertiary/aromatic N) is 2. The average Bonchev–Trinajstić information content (AvgIpc) is 2.25. The van der Waals surface area contributed by atoms with Crippen molar-refractivity contribution in [1.29, 1.82) is 5.26 Å². The van der Waals surface area contributed by atoms with Crippen LogP contribution in [0.25, 0.3) is 0 Å². The standard InChI is InChI=1S/C13H20BN3O/c1-9(10(2)14)11(8-15)12(18)17(16)7-6-13(3,4)5/h2,6-7,16H2,1,3-5H3/b11-9-. The Morgan fingerprint density at radius 2 is 2.00 bits per heavy atom. The van der Waals surface area contributed by atoms with Gasteiger partial charge in [-0.2, -0.15) is 5.26 Å². The predicted molar refractivity (Wildman–Crippen MR) is 73.2 cm³/mol. The summed E-state index contributed by atoms with van der Waals surface area (Å²) in [6, 6.07) is 1.83. The number of nitriles is 1. The minimum atomic E-state index is -0.522. The number of nitrogens with two attached hydrogens (primary N) is 1. The van der Waals surface area contributed by atoms with E-state index in [1.54, 1.807) is 6.92 Å². The van der Waals surface area contributed by atoms with Crippen LogP contribution in [0.2, 0.25) is 0 Å². The molecule has 0 spiro atoms. The first-order valence-corrected chi connectivity index (χ1v) is 5.72. The molecule has 0 aromatic rings. The molecule has 0 aliphatic carbocycles. The predicted octanol–water partition coefficient (Wildman–Crippen LogP) is 1.65. The van der Waals surface area contributed by atoms with E-state index in [0.717, 1.165) is 11.4 Å². The Hall–Kier alpha value is -1.54. The molecule has 0 aromatic heterocycles. The summed E-state index contributed by atoms with van der Waals surface area (Å²) < 4.78 is 0. The van der Waals surface area contributed by atoms with E-state index >= 15 is 0 Å². The number of amides is 1. The van der Waals surface area contributed by atoms with E-state index in [9.17, 15) is 4.79 Å². The lowest BCUT2D eigenvalue weighted by molar-refractivity contribution is -0.127. The number of hydrogen-bond acceptors (Lipinski definition) is 3. The van der Waals surface area contributed by atoms with Crippen molar-refractivity contribution in [3.05, 3.63) is 23.2 Å². The fraction of sp³-hybridized carbons (Fsp3) is 0.538. The van der Waals surface area contributed by atoms with Crippen LogP contribution in [-0.2, 0) is 4.79 Å². The van der Waals surface area contributed by atoms with Crippen molar-refractivity contribution in [3.8, 4) is 6.07 Å². The van der Waals surface area contributed by atoms with Gasteiger partial charge in [-0.1, -0.05) is 26.2 Å². The molecule has 0 aromatic carbocycles. The largest absolute Gasteiger partial charge is 0.278 e. The molecule has 5 heteroatoms. The van der Waals surface area contributed by atoms with Crippen molar-refractivity contribution < 1.29 is 4.79 Å². The number of carbonyl (C=O) groups excluding carboxylic acids is 1. The molecule has 0 fully saturated rings. The zero-order chi connectivity index (χ0) is 14.5. The van der Waals surface area contributed by atoms with Gasteiger partial charge in [0.1, 0.15) is 19.5 Å². The number of allylic oxidation sites excluding steroid dienone is 2. The molecule has 2 N–H and O–H groups in total. The van der Waals surface area contributed by atoms with Crippen molar-refractivity contribution in [2.75, 3.05) is 6.54 Å².